The van der Waals surface area contributed by atoms with Gasteiger partial charge in [0.1, 0.15) is 0 Å². The van der Waals surface area contributed by atoms with Gasteiger partial charge < -0.3 is 10.2 Å². The normalized spacial score (nSPS) is 28.7. The van der Waals surface area contributed by atoms with Crippen LogP contribution in [-0.4, -0.2) is 46.7 Å². The van der Waals surface area contributed by atoms with Crippen molar-refractivity contribution in [1.29, 1.82) is 0 Å². The van der Waals surface area contributed by atoms with Crippen LogP contribution in [0.3, 0.4) is 0 Å². The third-order valence-electron chi connectivity index (χ3n) is 4.68. The van der Waals surface area contributed by atoms with Crippen LogP contribution in [0.15, 0.2) is 24.4 Å². The molecule has 3 fully saturated rings. The molecule has 3 saturated heterocycles. The lowest BCUT2D eigenvalue weighted by atomic mass is 9.84. The number of aromatic amines is 1. The molecule has 3 aliphatic rings. The Morgan fingerprint density at radius 3 is 2.95 bits per heavy atom. The summed E-state index contributed by atoms with van der Waals surface area (Å²) >= 11 is 0. The highest BCUT2D eigenvalue weighted by atomic mass is 16.1. The molecular formula is C15H18N4O. The number of aromatic nitrogens is 2. The van der Waals surface area contributed by atoms with Crippen molar-refractivity contribution in [2.24, 2.45) is 5.92 Å². The number of carbonyl (C=O) groups excluding carboxylic acids is 1. The summed E-state index contributed by atoms with van der Waals surface area (Å²) in [6.07, 6.45) is 4.18. The molecule has 1 atom stereocenters. The average molecular weight is 270 g/mol. The van der Waals surface area contributed by atoms with Gasteiger partial charge in [0.15, 0.2) is 0 Å². The van der Waals surface area contributed by atoms with Crippen molar-refractivity contribution in [3.05, 3.63) is 30.0 Å². The zero-order valence-electron chi connectivity index (χ0n) is 11.3. The van der Waals surface area contributed by atoms with E-state index in [1.807, 2.05) is 18.2 Å². The van der Waals surface area contributed by atoms with Crippen LogP contribution in [0.2, 0.25) is 0 Å². The van der Waals surface area contributed by atoms with E-state index in [0.717, 1.165) is 23.0 Å². The quantitative estimate of drug-likeness (QED) is 0.867. The molecule has 2 aromatic rings. The molecule has 2 bridgehead atoms. The van der Waals surface area contributed by atoms with Gasteiger partial charge in [0, 0.05) is 23.5 Å². The first-order chi connectivity index (χ1) is 9.79. The summed E-state index contributed by atoms with van der Waals surface area (Å²) in [7, 11) is 0. The second kappa shape index (κ2) is 4.59. The third-order valence-corrected chi connectivity index (χ3v) is 4.68. The third kappa shape index (κ3) is 1.98. The minimum Gasteiger partial charge on any atom is -0.348 e. The highest BCUT2D eigenvalue weighted by Gasteiger charge is 2.34. The highest BCUT2D eigenvalue weighted by Crippen LogP contribution is 2.27. The number of nitrogens with zero attached hydrogens (tertiary/aromatic N) is 2. The Kier molecular flexibility index (Phi) is 2.73. The largest absolute Gasteiger partial charge is 0.348 e. The van der Waals surface area contributed by atoms with Crippen LogP contribution in [0.5, 0.6) is 0 Å². The zero-order chi connectivity index (χ0) is 13.5. The molecular weight excluding hydrogens is 252 g/mol. The topological polar surface area (TPSA) is 61.0 Å². The van der Waals surface area contributed by atoms with E-state index in [9.17, 15) is 4.79 Å². The predicted molar refractivity (Wildman–Crippen MR) is 76.5 cm³/mol. The molecule has 20 heavy (non-hydrogen) atoms. The van der Waals surface area contributed by atoms with Gasteiger partial charge in [0.2, 0.25) is 0 Å². The van der Waals surface area contributed by atoms with Crippen molar-refractivity contribution < 1.29 is 4.79 Å². The first kappa shape index (κ1) is 11.9. The first-order valence-corrected chi connectivity index (χ1v) is 7.26. The van der Waals surface area contributed by atoms with Crippen LogP contribution >= 0.6 is 0 Å². The number of benzene rings is 1. The second-order valence-corrected chi connectivity index (χ2v) is 5.89. The first-order valence-electron chi connectivity index (χ1n) is 7.26. The van der Waals surface area contributed by atoms with Gasteiger partial charge in [0.05, 0.1) is 11.7 Å². The summed E-state index contributed by atoms with van der Waals surface area (Å²) in [6, 6.07) is 5.98. The fourth-order valence-corrected chi connectivity index (χ4v) is 3.46. The molecule has 0 spiro atoms. The Hall–Kier alpha value is -1.88. The molecule has 104 valence electrons. The molecule has 1 unspecified atom stereocenters. The maximum absolute atomic E-state index is 12.4. The summed E-state index contributed by atoms with van der Waals surface area (Å²) in [5.74, 6) is 0.688. The summed E-state index contributed by atoms with van der Waals surface area (Å²) in [5.41, 5.74) is 1.68. The van der Waals surface area contributed by atoms with Crippen molar-refractivity contribution in [1.82, 2.24) is 20.4 Å². The molecule has 5 heteroatoms. The lowest BCUT2D eigenvalue weighted by Gasteiger charge is -2.44. The van der Waals surface area contributed by atoms with Gasteiger partial charge in [-0.3, -0.25) is 9.89 Å². The zero-order valence-corrected chi connectivity index (χ0v) is 11.3. The van der Waals surface area contributed by atoms with Crippen molar-refractivity contribution in [2.45, 2.75) is 18.9 Å². The average Bonchev–Trinajstić information content (AvgIpc) is 2.96. The molecule has 0 aliphatic carbocycles. The van der Waals surface area contributed by atoms with E-state index in [-0.39, 0.29) is 5.91 Å². The van der Waals surface area contributed by atoms with Crippen molar-refractivity contribution in [3.8, 4) is 0 Å². The lowest BCUT2D eigenvalue weighted by molar-refractivity contribution is 0.0620. The Morgan fingerprint density at radius 1 is 1.35 bits per heavy atom. The van der Waals surface area contributed by atoms with E-state index in [0.29, 0.717) is 12.0 Å². The molecule has 0 radical (unpaired) electrons. The summed E-state index contributed by atoms with van der Waals surface area (Å²) < 4.78 is 0. The van der Waals surface area contributed by atoms with Gasteiger partial charge in [-0.05, 0) is 50.0 Å². The molecule has 1 aromatic heterocycles. The van der Waals surface area contributed by atoms with Crippen molar-refractivity contribution in [2.75, 3.05) is 19.6 Å². The minimum atomic E-state index is 0.0341. The number of nitrogens with one attached hydrogen (secondary N) is 2. The predicted octanol–water partition coefficient (Wildman–Crippen LogP) is 1.39. The highest BCUT2D eigenvalue weighted by molar-refractivity contribution is 5.98. The SMILES string of the molecule is O=C(NC1CN2CCC1CC2)c1ccc2[nH]ncc2c1. The maximum atomic E-state index is 12.4. The van der Waals surface area contributed by atoms with Gasteiger partial charge >= 0.3 is 0 Å². The number of hydrogen-bond acceptors (Lipinski definition) is 3. The number of fused-ring (bicyclic) bond motifs is 4. The van der Waals surface area contributed by atoms with E-state index in [4.69, 9.17) is 0 Å². The van der Waals surface area contributed by atoms with Crippen LogP contribution in [0.25, 0.3) is 10.9 Å². The number of carbonyl (C=O) groups is 1. The van der Waals surface area contributed by atoms with Crippen LogP contribution in [0.4, 0.5) is 0 Å². The number of hydrogen-bond donors (Lipinski definition) is 2. The molecule has 0 saturated carbocycles. The molecule has 2 N–H and O–H groups in total. The van der Waals surface area contributed by atoms with E-state index >= 15 is 0 Å². The van der Waals surface area contributed by atoms with Crippen LogP contribution in [-0.2, 0) is 0 Å². The molecule has 1 amide bonds. The Bertz CT molecular complexity index is 642. The Balaban J connectivity index is 1.52. The number of amides is 1. The van der Waals surface area contributed by atoms with Gasteiger partial charge in [-0.25, -0.2) is 0 Å². The summed E-state index contributed by atoms with van der Waals surface area (Å²) in [6.45, 7) is 3.39. The van der Waals surface area contributed by atoms with Crippen molar-refractivity contribution in [3.63, 3.8) is 0 Å². The van der Waals surface area contributed by atoms with E-state index in [1.165, 1.54) is 25.9 Å². The standard InChI is InChI=1S/C15H18N4O/c20-15(11-1-2-13-12(7-11)8-16-18-13)17-14-9-19-5-3-10(14)4-6-19/h1-2,7-8,10,14H,3-6,9H2,(H,16,18)(H,17,20). The Morgan fingerprint density at radius 2 is 2.20 bits per heavy atom. The van der Waals surface area contributed by atoms with Crippen LogP contribution in [0, 0.1) is 5.92 Å². The van der Waals surface area contributed by atoms with E-state index < -0.39 is 0 Å². The van der Waals surface area contributed by atoms with Gasteiger partial charge in [-0.15, -0.1) is 0 Å². The molecule has 5 nitrogen and oxygen atoms in total. The number of rotatable bonds is 2. The maximum Gasteiger partial charge on any atom is 0.251 e. The number of H-pyrrole nitrogens is 1. The Labute approximate surface area is 117 Å². The fraction of sp³-hybridized carbons (Fsp3) is 0.467. The lowest BCUT2D eigenvalue weighted by Crippen LogP contribution is -2.57. The molecule has 3 aliphatic heterocycles. The molecule has 5 rings (SSSR count). The number of piperidine rings is 3. The second-order valence-electron chi connectivity index (χ2n) is 5.89. The smallest absolute Gasteiger partial charge is 0.251 e. The van der Waals surface area contributed by atoms with Crippen LogP contribution in [0.1, 0.15) is 23.2 Å². The van der Waals surface area contributed by atoms with E-state index in [2.05, 4.69) is 20.4 Å². The molecule has 4 heterocycles. The van der Waals surface area contributed by atoms with Gasteiger partial charge in [0.25, 0.3) is 5.91 Å². The van der Waals surface area contributed by atoms with Gasteiger partial charge in [-0.1, -0.05) is 0 Å². The van der Waals surface area contributed by atoms with Crippen molar-refractivity contribution >= 4 is 16.8 Å². The fourth-order valence-electron chi connectivity index (χ4n) is 3.46. The van der Waals surface area contributed by atoms with Crippen LogP contribution < -0.4 is 5.32 Å². The summed E-state index contributed by atoms with van der Waals surface area (Å²) in [5, 5.41) is 11.1. The van der Waals surface area contributed by atoms with E-state index in [1.54, 1.807) is 6.20 Å². The molecule has 1 aromatic carbocycles. The monoisotopic (exact) mass is 270 g/mol. The minimum absolute atomic E-state index is 0.0341. The summed E-state index contributed by atoms with van der Waals surface area (Å²) in [4.78, 5) is 14.8. The van der Waals surface area contributed by atoms with Gasteiger partial charge in [-0.2, -0.15) is 5.10 Å².